The molecule has 0 spiro atoms. The molecule has 0 fully saturated rings. The van der Waals surface area contributed by atoms with Crippen molar-refractivity contribution in [3.63, 3.8) is 0 Å². The molecule has 1 aromatic heterocycles. The van der Waals surface area contributed by atoms with Crippen molar-refractivity contribution in [2.75, 3.05) is 20.1 Å². The number of nitrogens with zero attached hydrogens (tertiary/aromatic N) is 1. The van der Waals surface area contributed by atoms with Crippen molar-refractivity contribution in [1.82, 2.24) is 9.88 Å². The van der Waals surface area contributed by atoms with Crippen LogP contribution in [0.15, 0.2) is 24.5 Å². The number of hydrogen-bond acceptors (Lipinski definition) is 1. The van der Waals surface area contributed by atoms with Gasteiger partial charge in [0.15, 0.2) is 0 Å². The van der Waals surface area contributed by atoms with Gasteiger partial charge < -0.3 is 9.88 Å². The average Bonchev–Trinajstić information content (AvgIpc) is 2.58. The van der Waals surface area contributed by atoms with Crippen LogP contribution in [0.3, 0.4) is 0 Å². The lowest BCUT2D eigenvalue weighted by molar-refractivity contribution is 0.370. The van der Waals surface area contributed by atoms with Crippen molar-refractivity contribution in [1.29, 1.82) is 0 Å². The maximum atomic E-state index is 3.08. The summed E-state index contributed by atoms with van der Waals surface area (Å²) < 4.78 is 0. The first-order valence-corrected chi connectivity index (χ1v) is 4.37. The summed E-state index contributed by atoms with van der Waals surface area (Å²) in [5, 5.41) is 0. The fraction of sp³-hybridized carbons (Fsp3) is 0.400. The van der Waals surface area contributed by atoms with E-state index in [0.717, 1.165) is 6.54 Å². The molecule has 0 bridgehead atoms. The maximum absolute atomic E-state index is 3.08. The predicted octanol–water partition coefficient (Wildman–Crippen LogP) is 1.73. The number of aromatic amines is 1. The lowest BCUT2D eigenvalue weighted by atomic mass is 10.0. The standard InChI is InChI=1S/C10H14N2/c1-12-6-3-9(4-7-12)10-2-5-11-8-10/h2-3,5,8,11H,4,6-7H2,1H3. The Morgan fingerprint density at radius 1 is 1.50 bits per heavy atom. The third-order valence-electron chi connectivity index (χ3n) is 2.38. The minimum Gasteiger partial charge on any atom is -0.367 e. The molecule has 1 aliphatic heterocycles. The van der Waals surface area contributed by atoms with E-state index in [1.165, 1.54) is 24.1 Å². The zero-order valence-electron chi connectivity index (χ0n) is 7.38. The van der Waals surface area contributed by atoms with Gasteiger partial charge in [0.25, 0.3) is 0 Å². The third-order valence-corrected chi connectivity index (χ3v) is 2.38. The second kappa shape index (κ2) is 3.15. The van der Waals surface area contributed by atoms with Crippen LogP contribution < -0.4 is 0 Å². The van der Waals surface area contributed by atoms with E-state index < -0.39 is 0 Å². The first-order valence-electron chi connectivity index (χ1n) is 4.37. The molecule has 1 aromatic rings. The first kappa shape index (κ1) is 7.62. The molecule has 12 heavy (non-hydrogen) atoms. The SMILES string of the molecule is CN1CC=C(c2cc[nH]c2)CC1. The van der Waals surface area contributed by atoms with Crippen LogP contribution in [0, 0.1) is 0 Å². The second-order valence-corrected chi connectivity index (χ2v) is 3.34. The Morgan fingerprint density at radius 3 is 3.00 bits per heavy atom. The van der Waals surface area contributed by atoms with Gasteiger partial charge in [-0.25, -0.2) is 0 Å². The highest BCUT2D eigenvalue weighted by atomic mass is 15.1. The van der Waals surface area contributed by atoms with Gasteiger partial charge in [0.2, 0.25) is 0 Å². The minimum atomic E-state index is 1.08. The van der Waals surface area contributed by atoms with Gasteiger partial charge in [-0.15, -0.1) is 0 Å². The highest BCUT2D eigenvalue weighted by molar-refractivity contribution is 5.65. The summed E-state index contributed by atoms with van der Waals surface area (Å²) >= 11 is 0. The molecule has 2 nitrogen and oxygen atoms in total. The molecule has 2 heteroatoms. The first-order chi connectivity index (χ1) is 5.86. The van der Waals surface area contributed by atoms with Gasteiger partial charge in [0, 0.05) is 25.5 Å². The minimum absolute atomic E-state index is 1.08. The molecule has 0 radical (unpaired) electrons. The van der Waals surface area contributed by atoms with Gasteiger partial charge in [-0.05, 0) is 30.7 Å². The zero-order chi connectivity index (χ0) is 8.39. The molecule has 0 aliphatic carbocycles. The molecule has 0 amide bonds. The van der Waals surface area contributed by atoms with Crippen molar-refractivity contribution in [2.24, 2.45) is 0 Å². The van der Waals surface area contributed by atoms with Crippen molar-refractivity contribution < 1.29 is 0 Å². The number of likely N-dealkylation sites (N-methyl/N-ethyl adjacent to an activating group) is 1. The fourth-order valence-electron chi connectivity index (χ4n) is 1.56. The molecule has 0 saturated heterocycles. The van der Waals surface area contributed by atoms with Crippen molar-refractivity contribution in [3.8, 4) is 0 Å². The van der Waals surface area contributed by atoms with Gasteiger partial charge in [-0.1, -0.05) is 6.08 Å². The monoisotopic (exact) mass is 162 g/mol. The highest BCUT2D eigenvalue weighted by Crippen LogP contribution is 2.20. The topological polar surface area (TPSA) is 19.0 Å². The van der Waals surface area contributed by atoms with Crippen LogP contribution in [0.25, 0.3) is 5.57 Å². The summed E-state index contributed by atoms with van der Waals surface area (Å²) in [5.74, 6) is 0. The molecule has 0 unspecified atom stereocenters. The van der Waals surface area contributed by atoms with Crippen molar-refractivity contribution >= 4 is 5.57 Å². The molecule has 0 atom stereocenters. The summed E-state index contributed by atoms with van der Waals surface area (Å²) in [6.07, 6.45) is 7.53. The van der Waals surface area contributed by atoms with E-state index in [9.17, 15) is 0 Å². The second-order valence-electron chi connectivity index (χ2n) is 3.34. The van der Waals surface area contributed by atoms with Crippen LogP contribution >= 0.6 is 0 Å². The van der Waals surface area contributed by atoms with Crippen molar-refractivity contribution in [2.45, 2.75) is 6.42 Å². The highest BCUT2D eigenvalue weighted by Gasteiger charge is 2.08. The summed E-state index contributed by atoms with van der Waals surface area (Å²) in [5.41, 5.74) is 2.83. The molecule has 1 aliphatic rings. The van der Waals surface area contributed by atoms with Gasteiger partial charge in [-0.2, -0.15) is 0 Å². The molecule has 64 valence electrons. The molecule has 2 heterocycles. The Balaban J connectivity index is 2.16. The Kier molecular flexibility index (Phi) is 2.00. The quantitative estimate of drug-likeness (QED) is 0.666. The summed E-state index contributed by atoms with van der Waals surface area (Å²) in [7, 11) is 2.16. The summed E-state index contributed by atoms with van der Waals surface area (Å²) in [6.45, 7) is 2.26. The van der Waals surface area contributed by atoms with Crippen LogP contribution in [0.5, 0.6) is 0 Å². The van der Waals surface area contributed by atoms with E-state index in [-0.39, 0.29) is 0 Å². The van der Waals surface area contributed by atoms with Crippen LogP contribution in [-0.4, -0.2) is 30.0 Å². The Morgan fingerprint density at radius 2 is 2.42 bits per heavy atom. The maximum Gasteiger partial charge on any atom is 0.0166 e. The average molecular weight is 162 g/mol. The number of hydrogen-bond donors (Lipinski definition) is 1. The normalized spacial score (nSPS) is 19.2. The third kappa shape index (κ3) is 1.43. The van der Waals surface area contributed by atoms with Gasteiger partial charge >= 0.3 is 0 Å². The van der Waals surface area contributed by atoms with E-state index in [2.05, 4.69) is 35.3 Å². The molecular formula is C10H14N2. The summed E-state index contributed by atoms with van der Waals surface area (Å²) in [6, 6.07) is 2.14. The van der Waals surface area contributed by atoms with E-state index in [1.807, 2.05) is 6.20 Å². The lowest BCUT2D eigenvalue weighted by Crippen LogP contribution is -2.23. The van der Waals surface area contributed by atoms with E-state index in [1.54, 1.807) is 0 Å². The number of aromatic nitrogens is 1. The van der Waals surface area contributed by atoms with E-state index in [4.69, 9.17) is 0 Å². The zero-order valence-corrected chi connectivity index (χ0v) is 7.38. The Bertz CT molecular complexity index is 272. The van der Waals surface area contributed by atoms with E-state index in [0.29, 0.717) is 0 Å². The smallest absolute Gasteiger partial charge is 0.0166 e. The lowest BCUT2D eigenvalue weighted by Gasteiger charge is -2.21. The Hall–Kier alpha value is -1.02. The van der Waals surface area contributed by atoms with Gasteiger partial charge in [-0.3, -0.25) is 0 Å². The van der Waals surface area contributed by atoms with Gasteiger partial charge in [0.1, 0.15) is 0 Å². The fourth-order valence-corrected chi connectivity index (χ4v) is 1.56. The van der Waals surface area contributed by atoms with Crippen LogP contribution in [-0.2, 0) is 0 Å². The molecule has 2 rings (SSSR count). The van der Waals surface area contributed by atoms with Crippen molar-refractivity contribution in [3.05, 3.63) is 30.1 Å². The van der Waals surface area contributed by atoms with Crippen LogP contribution in [0.4, 0.5) is 0 Å². The van der Waals surface area contributed by atoms with Gasteiger partial charge in [0.05, 0.1) is 0 Å². The molecule has 0 aromatic carbocycles. The Labute approximate surface area is 72.9 Å². The molecular weight excluding hydrogens is 148 g/mol. The predicted molar refractivity (Wildman–Crippen MR) is 50.9 cm³/mol. The van der Waals surface area contributed by atoms with E-state index >= 15 is 0 Å². The number of H-pyrrole nitrogens is 1. The van der Waals surface area contributed by atoms with Crippen LogP contribution in [0.2, 0.25) is 0 Å². The molecule has 0 saturated carbocycles. The largest absolute Gasteiger partial charge is 0.367 e. The number of nitrogens with one attached hydrogen (secondary N) is 1. The molecule has 1 N–H and O–H groups in total. The van der Waals surface area contributed by atoms with Crippen LogP contribution in [0.1, 0.15) is 12.0 Å². The number of rotatable bonds is 1. The summed E-state index contributed by atoms with van der Waals surface area (Å²) in [4.78, 5) is 5.41.